The van der Waals surface area contributed by atoms with Gasteiger partial charge in [0.1, 0.15) is 5.82 Å². The lowest BCUT2D eigenvalue weighted by Gasteiger charge is -2.39. The van der Waals surface area contributed by atoms with E-state index in [0.717, 1.165) is 18.6 Å². The number of urea groups is 1. The predicted octanol–water partition coefficient (Wildman–Crippen LogP) is 4.67. The average molecular weight is 381 g/mol. The van der Waals surface area contributed by atoms with Crippen LogP contribution in [0.1, 0.15) is 63.9 Å². The Morgan fingerprint density at radius 3 is 2.68 bits per heavy atom. The highest BCUT2D eigenvalue weighted by Gasteiger charge is 2.60. The van der Waals surface area contributed by atoms with Gasteiger partial charge in [0, 0.05) is 23.6 Å². The number of nitrogens with zero attached hydrogens (tertiary/aromatic N) is 2. The summed E-state index contributed by atoms with van der Waals surface area (Å²) in [4.78, 5) is 13.1. The molecule has 1 aliphatic heterocycles. The normalized spacial score (nSPS) is 33.6. The molecular weight excluding hydrogens is 353 g/mol. The van der Waals surface area contributed by atoms with Crippen LogP contribution in [-0.4, -0.2) is 28.8 Å². The smallest absolute Gasteiger partial charge is 0.331 e. The van der Waals surface area contributed by atoms with E-state index < -0.39 is 0 Å². The van der Waals surface area contributed by atoms with Crippen molar-refractivity contribution in [2.24, 2.45) is 16.4 Å². The van der Waals surface area contributed by atoms with Gasteiger partial charge in [-0.3, -0.25) is 0 Å². The van der Waals surface area contributed by atoms with Crippen molar-refractivity contribution in [3.8, 4) is 12.3 Å². The van der Waals surface area contributed by atoms with Gasteiger partial charge in [-0.15, -0.1) is 12.3 Å². The SMILES string of the molecule is C#CCCC1=NN(C(=O)N[C@@]2(C)C3CCC2(C)CC3)CC1c1ccccc1F. The molecule has 2 aliphatic carbocycles. The highest BCUT2D eigenvalue weighted by molar-refractivity contribution is 5.95. The minimum absolute atomic E-state index is 0.147. The monoisotopic (exact) mass is 381 g/mol. The van der Waals surface area contributed by atoms with E-state index in [0.29, 0.717) is 30.9 Å². The third kappa shape index (κ3) is 2.90. The van der Waals surface area contributed by atoms with Crippen molar-refractivity contribution in [1.82, 2.24) is 10.3 Å². The molecule has 5 heteroatoms. The van der Waals surface area contributed by atoms with Crippen LogP contribution in [-0.2, 0) is 0 Å². The molecule has 28 heavy (non-hydrogen) atoms. The highest BCUT2D eigenvalue weighted by Crippen LogP contribution is 2.60. The quantitative estimate of drug-likeness (QED) is 0.757. The molecule has 4 rings (SSSR count). The molecule has 0 spiro atoms. The van der Waals surface area contributed by atoms with Crippen LogP contribution in [0.4, 0.5) is 9.18 Å². The Kier molecular flexibility index (Phi) is 4.69. The number of halogens is 1. The summed E-state index contributed by atoms with van der Waals surface area (Å²) in [6.45, 7) is 4.82. The molecule has 3 aliphatic rings. The minimum atomic E-state index is -0.267. The van der Waals surface area contributed by atoms with Crippen LogP contribution in [0.2, 0.25) is 0 Å². The molecule has 0 aromatic heterocycles. The lowest BCUT2D eigenvalue weighted by Crippen LogP contribution is -2.56. The van der Waals surface area contributed by atoms with Gasteiger partial charge in [0.15, 0.2) is 0 Å². The van der Waals surface area contributed by atoms with E-state index in [1.807, 2.05) is 6.07 Å². The molecule has 2 amide bonds. The molecule has 0 radical (unpaired) electrons. The first kappa shape index (κ1) is 19.0. The number of hydrazone groups is 1. The van der Waals surface area contributed by atoms with Gasteiger partial charge in [0.25, 0.3) is 0 Å². The first-order chi connectivity index (χ1) is 13.4. The fourth-order valence-electron chi connectivity index (χ4n) is 5.52. The van der Waals surface area contributed by atoms with Gasteiger partial charge in [0.2, 0.25) is 0 Å². The second kappa shape index (κ2) is 6.92. The molecule has 1 aromatic rings. The van der Waals surface area contributed by atoms with Gasteiger partial charge in [-0.1, -0.05) is 25.1 Å². The van der Waals surface area contributed by atoms with Crippen LogP contribution >= 0.6 is 0 Å². The van der Waals surface area contributed by atoms with Crippen molar-refractivity contribution in [3.05, 3.63) is 35.6 Å². The Hall–Kier alpha value is -2.35. The summed E-state index contributed by atoms with van der Waals surface area (Å²) >= 11 is 0. The van der Waals surface area contributed by atoms with Gasteiger partial charge >= 0.3 is 6.03 Å². The summed E-state index contributed by atoms with van der Waals surface area (Å²) < 4.78 is 14.4. The summed E-state index contributed by atoms with van der Waals surface area (Å²) in [5, 5.41) is 9.36. The van der Waals surface area contributed by atoms with E-state index in [2.05, 4.69) is 30.2 Å². The third-order valence-corrected chi connectivity index (χ3v) is 7.57. The third-order valence-electron chi connectivity index (χ3n) is 7.57. The van der Waals surface area contributed by atoms with E-state index in [1.165, 1.54) is 23.9 Å². The molecule has 1 heterocycles. The molecule has 4 nitrogen and oxygen atoms in total. The van der Waals surface area contributed by atoms with Crippen LogP contribution in [0.25, 0.3) is 0 Å². The zero-order valence-electron chi connectivity index (χ0n) is 16.7. The molecular formula is C23H28FN3O. The number of amides is 2. The number of benzene rings is 1. The summed E-state index contributed by atoms with van der Waals surface area (Å²) in [6, 6.07) is 6.53. The first-order valence-electron chi connectivity index (χ1n) is 10.2. The number of hydrogen-bond donors (Lipinski definition) is 1. The molecule has 2 bridgehead atoms. The second-order valence-corrected chi connectivity index (χ2v) is 8.92. The molecule has 2 saturated carbocycles. The molecule has 1 N–H and O–H groups in total. The van der Waals surface area contributed by atoms with Crippen molar-refractivity contribution in [3.63, 3.8) is 0 Å². The minimum Gasteiger partial charge on any atom is -0.331 e. The lowest BCUT2D eigenvalue weighted by molar-refractivity contribution is 0.148. The zero-order chi connectivity index (χ0) is 19.9. The van der Waals surface area contributed by atoms with Crippen molar-refractivity contribution >= 4 is 11.7 Å². The Bertz CT molecular complexity index is 850. The zero-order valence-corrected chi connectivity index (χ0v) is 16.7. The van der Waals surface area contributed by atoms with Gasteiger partial charge < -0.3 is 5.32 Å². The number of rotatable bonds is 4. The van der Waals surface area contributed by atoms with Gasteiger partial charge in [-0.2, -0.15) is 5.10 Å². The molecule has 0 saturated heterocycles. The summed E-state index contributed by atoms with van der Waals surface area (Å²) in [7, 11) is 0. The molecule has 2 fully saturated rings. The number of fused-ring (bicyclic) bond motifs is 2. The number of carbonyl (C=O) groups is 1. The molecule has 148 valence electrons. The van der Waals surface area contributed by atoms with Crippen molar-refractivity contribution in [2.45, 2.75) is 63.8 Å². The van der Waals surface area contributed by atoms with E-state index >= 15 is 0 Å². The molecule has 1 aromatic carbocycles. The van der Waals surface area contributed by atoms with Gasteiger partial charge in [0.05, 0.1) is 6.54 Å². The maximum atomic E-state index is 14.4. The summed E-state index contributed by atoms with van der Waals surface area (Å²) in [5.41, 5.74) is 1.31. The second-order valence-electron chi connectivity index (χ2n) is 8.92. The van der Waals surface area contributed by atoms with Crippen molar-refractivity contribution in [2.75, 3.05) is 6.54 Å². The Morgan fingerprint density at radius 2 is 2.07 bits per heavy atom. The number of carbonyl (C=O) groups excluding carboxylic acids is 1. The van der Waals surface area contributed by atoms with Gasteiger partial charge in [-0.05, 0) is 62.0 Å². The lowest BCUT2D eigenvalue weighted by atomic mass is 9.76. The first-order valence-corrected chi connectivity index (χ1v) is 10.2. The van der Waals surface area contributed by atoms with Crippen LogP contribution in [0.5, 0.6) is 0 Å². The van der Waals surface area contributed by atoms with Crippen LogP contribution in [0.3, 0.4) is 0 Å². The maximum Gasteiger partial charge on any atom is 0.338 e. The van der Waals surface area contributed by atoms with Crippen LogP contribution in [0.15, 0.2) is 29.4 Å². The van der Waals surface area contributed by atoms with E-state index in [4.69, 9.17) is 6.42 Å². The largest absolute Gasteiger partial charge is 0.338 e. The summed E-state index contributed by atoms with van der Waals surface area (Å²) in [5.74, 6) is 2.63. The highest BCUT2D eigenvalue weighted by atomic mass is 19.1. The average Bonchev–Trinajstić information content (AvgIpc) is 3.28. The molecule has 1 unspecified atom stereocenters. The fraction of sp³-hybridized carbons (Fsp3) is 0.565. The Balaban J connectivity index is 1.55. The van der Waals surface area contributed by atoms with Gasteiger partial charge in [-0.25, -0.2) is 14.2 Å². The van der Waals surface area contributed by atoms with Crippen LogP contribution < -0.4 is 5.32 Å². The predicted molar refractivity (Wildman–Crippen MR) is 108 cm³/mol. The topological polar surface area (TPSA) is 44.7 Å². The standard InChI is InChI=1S/C23H28FN3O/c1-4-5-10-20-18(17-8-6-7-9-19(17)24)15-27(26-20)21(28)25-23(3)16-11-13-22(23,2)14-12-16/h1,6-9,16,18H,5,10-15H2,2-3H3,(H,25,28)/t16?,18?,22?,23-/m0/s1. The van der Waals surface area contributed by atoms with Crippen molar-refractivity contribution < 1.29 is 9.18 Å². The Labute approximate surface area is 166 Å². The number of terminal acetylenes is 1. The van der Waals surface area contributed by atoms with E-state index in [1.54, 1.807) is 12.1 Å². The molecule has 2 atom stereocenters. The number of hydrogen-bond acceptors (Lipinski definition) is 2. The van der Waals surface area contributed by atoms with E-state index in [9.17, 15) is 9.18 Å². The van der Waals surface area contributed by atoms with Crippen molar-refractivity contribution in [1.29, 1.82) is 0 Å². The number of nitrogens with one attached hydrogen (secondary N) is 1. The fourth-order valence-corrected chi connectivity index (χ4v) is 5.52. The Morgan fingerprint density at radius 1 is 1.36 bits per heavy atom. The van der Waals surface area contributed by atoms with Crippen LogP contribution in [0, 0.1) is 29.5 Å². The summed E-state index contributed by atoms with van der Waals surface area (Å²) in [6.07, 6.45) is 11.2. The maximum absolute atomic E-state index is 14.4. The van der Waals surface area contributed by atoms with E-state index in [-0.39, 0.29) is 28.7 Å².